The van der Waals surface area contributed by atoms with Gasteiger partial charge in [0.2, 0.25) is 0 Å². The Balaban J connectivity index is 2.55. The molecule has 0 aromatic heterocycles. The minimum atomic E-state index is -4.23. The van der Waals surface area contributed by atoms with E-state index in [1.54, 1.807) is 38.1 Å². The van der Waals surface area contributed by atoms with Gasteiger partial charge >= 0.3 is 6.18 Å². The molecular weight excluding hydrogens is 269 g/mol. The highest BCUT2D eigenvalue weighted by Gasteiger charge is 2.31. The molecule has 1 aromatic rings. The third-order valence-electron chi connectivity index (χ3n) is 2.76. The molecule has 0 bridgehead atoms. The lowest BCUT2D eigenvalue weighted by Crippen LogP contribution is -2.41. The van der Waals surface area contributed by atoms with Crippen molar-refractivity contribution in [2.45, 2.75) is 26.1 Å². The van der Waals surface area contributed by atoms with Gasteiger partial charge in [-0.1, -0.05) is 12.1 Å². The first-order valence-corrected chi connectivity index (χ1v) is 6.26. The van der Waals surface area contributed by atoms with Crippen molar-refractivity contribution in [1.29, 1.82) is 5.26 Å². The topological polar surface area (TPSA) is 36.3 Å². The van der Waals surface area contributed by atoms with Crippen molar-refractivity contribution in [1.82, 2.24) is 4.90 Å². The average molecular weight is 286 g/mol. The number of nitrogens with zero attached hydrogens (tertiary/aromatic N) is 2. The van der Waals surface area contributed by atoms with Crippen LogP contribution in [0.3, 0.4) is 0 Å². The van der Waals surface area contributed by atoms with E-state index in [1.807, 2.05) is 6.07 Å². The smallest absolute Gasteiger partial charge is 0.401 e. The third-order valence-corrected chi connectivity index (χ3v) is 2.76. The molecule has 0 aliphatic heterocycles. The standard InChI is InChI=1S/C14H17F3N2O/c1-11(2)19(10-14(15,16)17)7-8-20-13-6-4-3-5-12(13)9-18/h3-6,11H,7-8,10H2,1-2H3. The summed E-state index contributed by atoms with van der Waals surface area (Å²) in [6.45, 7) is 2.70. The number of para-hydroxylation sites is 1. The number of benzene rings is 1. The first-order valence-electron chi connectivity index (χ1n) is 6.26. The zero-order valence-corrected chi connectivity index (χ0v) is 11.4. The normalized spacial score (nSPS) is 11.7. The molecular formula is C14H17F3N2O. The van der Waals surface area contributed by atoms with Crippen LogP contribution in [0.15, 0.2) is 24.3 Å². The number of nitriles is 1. The van der Waals surface area contributed by atoms with E-state index in [4.69, 9.17) is 10.00 Å². The summed E-state index contributed by atoms with van der Waals surface area (Å²) < 4.78 is 42.6. The first-order chi connectivity index (χ1) is 9.33. The Morgan fingerprint density at radius 2 is 1.95 bits per heavy atom. The second kappa shape index (κ2) is 7.15. The Morgan fingerprint density at radius 3 is 2.50 bits per heavy atom. The molecule has 0 aliphatic rings. The molecule has 0 heterocycles. The summed E-state index contributed by atoms with van der Waals surface area (Å²) in [5.74, 6) is 0.394. The molecule has 1 rings (SSSR count). The molecule has 110 valence electrons. The van der Waals surface area contributed by atoms with Crippen LogP contribution in [0.5, 0.6) is 5.75 Å². The predicted molar refractivity (Wildman–Crippen MR) is 69.4 cm³/mol. The van der Waals surface area contributed by atoms with E-state index in [9.17, 15) is 13.2 Å². The summed E-state index contributed by atoms with van der Waals surface area (Å²) >= 11 is 0. The van der Waals surface area contributed by atoms with E-state index in [0.29, 0.717) is 11.3 Å². The Kier molecular flexibility index (Phi) is 5.83. The number of ether oxygens (including phenoxy) is 1. The van der Waals surface area contributed by atoms with Gasteiger partial charge in [-0.3, -0.25) is 4.90 Å². The molecule has 0 fully saturated rings. The number of halogens is 3. The molecule has 0 spiro atoms. The van der Waals surface area contributed by atoms with Gasteiger partial charge in [0.15, 0.2) is 0 Å². The van der Waals surface area contributed by atoms with E-state index in [2.05, 4.69) is 0 Å². The van der Waals surface area contributed by atoms with Crippen LogP contribution < -0.4 is 4.74 Å². The Labute approximate surface area is 116 Å². The maximum Gasteiger partial charge on any atom is 0.401 e. The second-order valence-electron chi connectivity index (χ2n) is 4.64. The average Bonchev–Trinajstić information content (AvgIpc) is 2.36. The summed E-state index contributed by atoms with van der Waals surface area (Å²) in [4.78, 5) is 1.29. The van der Waals surface area contributed by atoms with Crippen molar-refractivity contribution >= 4 is 0 Å². The fourth-order valence-corrected chi connectivity index (χ4v) is 1.71. The third kappa shape index (κ3) is 5.49. The Morgan fingerprint density at radius 1 is 1.30 bits per heavy atom. The summed E-state index contributed by atoms with van der Waals surface area (Å²) in [7, 11) is 0. The summed E-state index contributed by atoms with van der Waals surface area (Å²) in [6, 6.07) is 8.39. The molecule has 0 amide bonds. The minimum Gasteiger partial charge on any atom is -0.491 e. The maximum atomic E-state index is 12.4. The lowest BCUT2D eigenvalue weighted by molar-refractivity contribution is -0.150. The van der Waals surface area contributed by atoms with Gasteiger partial charge in [-0.05, 0) is 26.0 Å². The zero-order valence-electron chi connectivity index (χ0n) is 11.4. The lowest BCUT2D eigenvalue weighted by atomic mass is 10.2. The van der Waals surface area contributed by atoms with Crippen LogP contribution >= 0.6 is 0 Å². The number of hydrogen-bond acceptors (Lipinski definition) is 3. The summed E-state index contributed by atoms with van der Waals surface area (Å²) in [6.07, 6.45) is -4.23. The molecule has 6 heteroatoms. The van der Waals surface area contributed by atoms with Crippen LogP contribution in [0.25, 0.3) is 0 Å². The molecule has 0 N–H and O–H groups in total. The van der Waals surface area contributed by atoms with Gasteiger partial charge < -0.3 is 4.74 Å². The van der Waals surface area contributed by atoms with Crippen LogP contribution in [-0.2, 0) is 0 Å². The van der Waals surface area contributed by atoms with Crippen LogP contribution in [0.1, 0.15) is 19.4 Å². The molecule has 0 radical (unpaired) electrons. The highest BCUT2D eigenvalue weighted by molar-refractivity contribution is 5.42. The molecule has 0 aliphatic carbocycles. The van der Waals surface area contributed by atoms with Crippen molar-refractivity contribution in [3.63, 3.8) is 0 Å². The summed E-state index contributed by atoms with van der Waals surface area (Å²) in [5, 5.41) is 8.88. The minimum absolute atomic E-state index is 0.104. The van der Waals surface area contributed by atoms with E-state index in [-0.39, 0.29) is 19.2 Å². The van der Waals surface area contributed by atoms with Crippen LogP contribution in [0.4, 0.5) is 13.2 Å². The lowest BCUT2D eigenvalue weighted by Gasteiger charge is -2.27. The molecule has 20 heavy (non-hydrogen) atoms. The highest BCUT2D eigenvalue weighted by Crippen LogP contribution is 2.19. The molecule has 3 nitrogen and oxygen atoms in total. The van der Waals surface area contributed by atoms with Gasteiger partial charge in [0.05, 0.1) is 12.1 Å². The molecule has 0 unspecified atom stereocenters. The Hall–Kier alpha value is -1.74. The highest BCUT2D eigenvalue weighted by atomic mass is 19.4. The molecule has 0 atom stereocenters. The molecule has 1 aromatic carbocycles. The van der Waals surface area contributed by atoms with Gasteiger partial charge in [0.25, 0.3) is 0 Å². The van der Waals surface area contributed by atoms with Gasteiger partial charge in [-0.2, -0.15) is 18.4 Å². The second-order valence-corrected chi connectivity index (χ2v) is 4.64. The van der Waals surface area contributed by atoms with Crippen LogP contribution in [0, 0.1) is 11.3 Å². The van der Waals surface area contributed by atoms with E-state index >= 15 is 0 Å². The van der Waals surface area contributed by atoms with Crippen molar-refractivity contribution in [3.8, 4) is 11.8 Å². The molecule has 0 saturated carbocycles. The Bertz CT molecular complexity index is 466. The van der Waals surface area contributed by atoms with Gasteiger partial charge in [-0.25, -0.2) is 0 Å². The molecule has 0 saturated heterocycles. The van der Waals surface area contributed by atoms with Crippen LogP contribution in [-0.4, -0.2) is 36.8 Å². The fourth-order valence-electron chi connectivity index (χ4n) is 1.71. The van der Waals surface area contributed by atoms with Gasteiger partial charge in [0, 0.05) is 12.6 Å². The zero-order chi connectivity index (χ0) is 15.2. The predicted octanol–water partition coefficient (Wildman–Crippen LogP) is 3.21. The number of alkyl halides is 3. The monoisotopic (exact) mass is 286 g/mol. The van der Waals surface area contributed by atoms with Crippen LogP contribution in [0.2, 0.25) is 0 Å². The largest absolute Gasteiger partial charge is 0.491 e. The SMILES string of the molecule is CC(C)N(CCOc1ccccc1C#N)CC(F)(F)F. The van der Waals surface area contributed by atoms with E-state index < -0.39 is 12.7 Å². The fraction of sp³-hybridized carbons (Fsp3) is 0.500. The maximum absolute atomic E-state index is 12.4. The first kappa shape index (κ1) is 16.3. The van der Waals surface area contributed by atoms with Crippen molar-refractivity contribution in [3.05, 3.63) is 29.8 Å². The van der Waals surface area contributed by atoms with Gasteiger partial charge in [0.1, 0.15) is 18.4 Å². The number of rotatable bonds is 6. The van der Waals surface area contributed by atoms with Crippen molar-refractivity contribution in [2.24, 2.45) is 0 Å². The van der Waals surface area contributed by atoms with E-state index in [1.165, 1.54) is 4.90 Å². The number of hydrogen-bond donors (Lipinski definition) is 0. The summed E-state index contributed by atoms with van der Waals surface area (Å²) in [5.41, 5.74) is 0.374. The van der Waals surface area contributed by atoms with Crippen molar-refractivity contribution < 1.29 is 17.9 Å². The quantitative estimate of drug-likeness (QED) is 0.805. The van der Waals surface area contributed by atoms with Crippen molar-refractivity contribution in [2.75, 3.05) is 19.7 Å². The van der Waals surface area contributed by atoms with E-state index in [0.717, 1.165) is 0 Å². The van der Waals surface area contributed by atoms with Gasteiger partial charge in [-0.15, -0.1) is 0 Å².